The van der Waals surface area contributed by atoms with Gasteiger partial charge in [0, 0.05) is 0 Å². The van der Waals surface area contributed by atoms with Gasteiger partial charge in [0.2, 0.25) is 10.0 Å². The summed E-state index contributed by atoms with van der Waals surface area (Å²) in [6, 6.07) is 7.73. The number of anilines is 1. The quantitative estimate of drug-likeness (QED) is 0.865. The van der Waals surface area contributed by atoms with Crippen LogP contribution in [-0.4, -0.2) is 14.3 Å². The van der Waals surface area contributed by atoms with Crippen molar-refractivity contribution in [2.75, 3.05) is 5.32 Å². The van der Waals surface area contributed by atoms with Gasteiger partial charge in [0.1, 0.15) is 4.90 Å². The van der Waals surface area contributed by atoms with E-state index in [1.54, 1.807) is 18.2 Å². The zero-order chi connectivity index (χ0) is 14.9. The number of hydrogen-bond acceptors (Lipinski definition) is 4. The summed E-state index contributed by atoms with van der Waals surface area (Å²) in [6.07, 6.45) is 0. The number of primary sulfonamides is 1. The van der Waals surface area contributed by atoms with Crippen LogP contribution in [0.4, 0.5) is 5.69 Å². The van der Waals surface area contributed by atoms with Crippen molar-refractivity contribution >= 4 is 48.9 Å². The number of nitrogens with one attached hydrogen (secondary N) is 1. The second kappa shape index (κ2) is 5.65. The van der Waals surface area contributed by atoms with Crippen molar-refractivity contribution < 1.29 is 13.2 Å². The molecule has 106 valence electrons. The molecular formula is C12H11BrN2O3S2. The molecule has 8 heteroatoms. The number of hydrogen-bond donors (Lipinski definition) is 2. The third kappa shape index (κ3) is 3.26. The van der Waals surface area contributed by atoms with Crippen molar-refractivity contribution in [1.82, 2.24) is 0 Å². The van der Waals surface area contributed by atoms with E-state index < -0.39 is 10.0 Å². The predicted octanol–water partition coefficient (Wildman–Crippen LogP) is 2.72. The molecule has 0 unspecified atom stereocenters. The molecule has 2 aromatic rings. The van der Waals surface area contributed by atoms with Crippen molar-refractivity contribution in [2.45, 2.75) is 11.8 Å². The lowest BCUT2D eigenvalue weighted by atomic mass is 10.3. The molecule has 2 rings (SSSR count). The number of para-hydroxylation sites is 1. The number of thiophene rings is 1. The molecular weight excluding hydrogens is 364 g/mol. The summed E-state index contributed by atoms with van der Waals surface area (Å²) < 4.78 is 23.8. The highest BCUT2D eigenvalue weighted by atomic mass is 79.9. The first kappa shape index (κ1) is 15.2. The molecule has 1 heterocycles. The number of amides is 1. The number of sulfonamides is 1. The smallest absolute Gasteiger partial charge is 0.265 e. The SMILES string of the molecule is Cc1cc(C(=O)Nc2ccccc2S(N)(=O)=O)sc1Br. The summed E-state index contributed by atoms with van der Waals surface area (Å²) >= 11 is 4.62. The third-order valence-electron chi connectivity index (χ3n) is 2.52. The van der Waals surface area contributed by atoms with Gasteiger partial charge < -0.3 is 5.32 Å². The molecule has 0 aliphatic heterocycles. The molecule has 0 aliphatic rings. The molecule has 0 bridgehead atoms. The lowest BCUT2D eigenvalue weighted by Gasteiger charge is -2.08. The van der Waals surface area contributed by atoms with Gasteiger partial charge in [-0.05, 0) is 46.6 Å². The highest BCUT2D eigenvalue weighted by Gasteiger charge is 2.17. The van der Waals surface area contributed by atoms with Crippen molar-refractivity contribution in [2.24, 2.45) is 5.14 Å². The largest absolute Gasteiger partial charge is 0.320 e. The van der Waals surface area contributed by atoms with Crippen molar-refractivity contribution in [3.05, 3.63) is 44.6 Å². The zero-order valence-electron chi connectivity index (χ0n) is 10.4. The average Bonchev–Trinajstić information content (AvgIpc) is 2.69. The topological polar surface area (TPSA) is 89.3 Å². The molecule has 0 fully saturated rings. The van der Waals surface area contributed by atoms with Crippen molar-refractivity contribution in [1.29, 1.82) is 0 Å². The monoisotopic (exact) mass is 374 g/mol. The van der Waals surface area contributed by atoms with E-state index in [0.717, 1.165) is 9.35 Å². The Morgan fingerprint density at radius 1 is 1.35 bits per heavy atom. The van der Waals surface area contributed by atoms with Gasteiger partial charge in [0.15, 0.2) is 0 Å². The molecule has 1 aromatic carbocycles. The van der Waals surface area contributed by atoms with Crippen LogP contribution in [-0.2, 0) is 10.0 Å². The van der Waals surface area contributed by atoms with E-state index in [2.05, 4.69) is 21.2 Å². The molecule has 3 N–H and O–H groups in total. The number of aryl methyl sites for hydroxylation is 1. The van der Waals surface area contributed by atoms with E-state index in [4.69, 9.17) is 5.14 Å². The van der Waals surface area contributed by atoms with E-state index in [1.165, 1.54) is 23.5 Å². The van der Waals surface area contributed by atoms with Crippen LogP contribution in [0.15, 0.2) is 39.0 Å². The minimum absolute atomic E-state index is 0.110. The molecule has 0 atom stereocenters. The van der Waals surface area contributed by atoms with Gasteiger partial charge in [0.05, 0.1) is 14.4 Å². The highest BCUT2D eigenvalue weighted by Crippen LogP contribution is 2.28. The van der Waals surface area contributed by atoms with Gasteiger partial charge in [-0.2, -0.15) is 0 Å². The maximum absolute atomic E-state index is 12.1. The Hall–Kier alpha value is -1.22. The molecule has 0 spiro atoms. The Kier molecular flexibility index (Phi) is 4.28. The van der Waals surface area contributed by atoms with Gasteiger partial charge >= 0.3 is 0 Å². The van der Waals surface area contributed by atoms with Gasteiger partial charge in [-0.3, -0.25) is 4.79 Å². The fourth-order valence-corrected chi connectivity index (χ4v) is 3.70. The van der Waals surface area contributed by atoms with Crippen LogP contribution >= 0.6 is 27.3 Å². The van der Waals surface area contributed by atoms with Crippen LogP contribution in [0, 0.1) is 6.92 Å². The summed E-state index contributed by atoms with van der Waals surface area (Å²) in [7, 11) is -3.88. The molecule has 1 amide bonds. The second-order valence-corrected chi connectivity index (χ2v) is 7.96. The van der Waals surface area contributed by atoms with E-state index in [0.29, 0.717) is 4.88 Å². The number of halogens is 1. The molecule has 20 heavy (non-hydrogen) atoms. The van der Waals surface area contributed by atoms with Crippen LogP contribution in [0.25, 0.3) is 0 Å². The van der Waals surface area contributed by atoms with Crippen molar-refractivity contribution in [3.63, 3.8) is 0 Å². The Labute approximate surface area is 129 Å². The van der Waals surface area contributed by atoms with Crippen LogP contribution in [0.1, 0.15) is 15.2 Å². The summed E-state index contributed by atoms with van der Waals surface area (Å²) in [5.41, 5.74) is 1.11. The molecule has 0 saturated heterocycles. The minimum atomic E-state index is -3.88. The van der Waals surface area contributed by atoms with Gasteiger partial charge in [-0.1, -0.05) is 12.1 Å². The molecule has 0 saturated carbocycles. The maximum Gasteiger partial charge on any atom is 0.265 e. The normalized spacial score (nSPS) is 11.3. The fourth-order valence-electron chi connectivity index (χ4n) is 1.57. The van der Waals surface area contributed by atoms with Crippen LogP contribution in [0.2, 0.25) is 0 Å². The Morgan fingerprint density at radius 2 is 2.00 bits per heavy atom. The number of benzene rings is 1. The van der Waals surface area contributed by atoms with Crippen LogP contribution < -0.4 is 10.5 Å². The van der Waals surface area contributed by atoms with Gasteiger partial charge in [0.25, 0.3) is 5.91 Å². The minimum Gasteiger partial charge on any atom is -0.320 e. The van der Waals surface area contributed by atoms with E-state index >= 15 is 0 Å². The third-order valence-corrected chi connectivity index (χ3v) is 5.63. The predicted molar refractivity (Wildman–Crippen MR) is 82.5 cm³/mol. The molecule has 0 aliphatic carbocycles. The summed E-state index contributed by atoms with van der Waals surface area (Å²) in [4.78, 5) is 12.5. The lowest BCUT2D eigenvalue weighted by Crippen LogP contribution is -2.17. The van der Waals surface area contributed by atoms with Gasteiger partial charge in [-0.15, -0.1) is 11.3 Å². The number of rotatable bonds is 3. The average molecular weight is 375 g/mol. The summed E-state index contributed by atoms with van der Waals surface area (Å²) in [6.45, 7) is 1.87. The van der Waals surface area contributed by atoms with Gasteiger partial charge in [-0.25, -0.2) is 13.6 Å². The zero-order valence-corrected chi connectivity index (χ0v) is 13.6. The standard InChI is InChI=1S/C12H11BrN2O3S2/c1-7-6-9(19-11(7)13)12(16)15-8-4-2-3-5-10(8)20(14,17)18/h2-6H,1H3,(H,15,16)(H2,14,17,18). The maximum atomic E-state index is 12.1. The van der Waals surface area contributed by atoms with E-state index in [1.807, 2.05) is 6.92 Å². The molecule has 0 radical (unpaired) electrons. The second-order valence-electron chi connectivity index (χ2n) is 4.06. The number of nitrogens with two attached hydrogens (primary N) is 1. The van der Waals surface area contributed by atoms with Crippen LogP contribution in [0.3, 0.4) is 0 Å². The number of carbonyl (C=O) groups is 1. The molecule has 1 aromatic heterocycles. The Balaban J connectivity index is 2.33. The highest BCUT2D eigenvalue weighted by molar-refractivity contribution is 9.11. The van der Waals surface area contributed by atoms with Crippen LogP contribution in [0.5, 0.6) is 0 Å². The lowest BCUT2D eigenvalue weighted by molar-refractivity contribution is 0.103. The first-order valence-corrected chi connectivity index (χ1v) is 8.64. The number of carbonyl (C=O) groups excluding carboxylic acids is 1. The Bertz CT molecular complexity index is 749. The first-order valence-electron chi connectivity index (χ1n) is 5.48. The van der Waals surface area contributed by atoms with Crippen molar-refractivity contribution in [3.8, 4) is 0 Å². The fraction of sp³-hybridized carbons (Fsp3) is 0.0833. The first-order chi connectivity index (χ1) is 9.29. The van der Waals surface area contributed by atoms with E-state index in [9.17, 15) is 13.2 Å². The van der Waals surface area contributed by atoms with E-state index in [-0.39, 0.29) is 16.5 Å². The summed E-state index contributed by atoms with van der Waals surface area (Å²) in [5.74, 6) is -0.375. The molecule has 5 nitrogen and oxygen atoms in total. The summed E-state index contributed by atoms with van der Waals surface area (Å²) in [5, 5.41) is 7.68. The Morgan fingerprint density at radius 3 is 2.55 bits per heavy atom.